The van der Waals surface area contributed by atoms with Gasteiger partial charge in [-0.25, -0.2) is 0 Å². The van der Waals surface area contributed by atoms with Crippen molar-refractivity contribution in [2.24, 2.45) is 5.73 Å². The number of amides is 1. The summed E-state index contributed by atoms with van der Waals surface area (Å²) in [6.07, 6.45) is 1.10. The molecule has 1 aliphatic rings. The summed E-state index contributed by atoms with van der Waals surface area (Å²) in [5.74, 6) is -0.387. The number of carbonyl (C=O) groups is 1. The van der Waals surface area contributed by atoms with Crippen LogP contribution in [-0.2, 0) is 11.2 Å². The normalized spacial score (nSPS) is 20.6. The van der Waals surface area contributed by atoms with Crippen LogP contribution in [0.4, 0.5) is 0 Å². The fourth-order valence-electron chi connectivity index (χ4n) is 1.82. The van der Waals surface area contributed by atoms with Crippen LogP contribution in [0.15, 0.2) is 24.3 Å². The summed E-state index contributed by atoms with van der Waals surface area (Å²) in [7, 11) is 0. The van der Waals surface area contributed by atoms with E-state index < -0.39 is 0 Å². The fourth-order valence-corrected chi connectivity index (χ4v) is 1.82. The Balaban J connectivity index is 1.96. The molecule has 1 saturated heterocycles. The third-order valence-electron chi connectivity index (χ3n) is 2.71. The molecule has 0 saturated carbocycles. The molecule has 0 aliphatic carbocycles. The average Bonchev–Trinajstić information content (AvgIpc) is 2.31. The van der Waals surface area contributed by atoms with Gasteiger partial charge in [-0.2, -0.15) is 0 Å². The lowest BCUT2D eigenvalue weighted by Gasteiger charge is -2.23. The number of nitrogens with two attached hydrogens (primary N) is 1. The Labute approximate surface area is 94.8 Å². The summed E-state index contributed by atoms with van der Waals surface area (Å²) in [5.41, 5.74) is 6.89. The highest BCUT2D eigenvalue weighted by Gasteiger charge is 2.13. The summed E-state index contributed by atoms with van der Waals surface area (Å²) >= 11 is 0. The van der Waals surface area contributed by atoms with Gasteiger partial charge in [-0.1, -0.05) is 12.1 Å². The zero-order valence-corrected chi connectivity index (χ0v) is 9.11. The standard InChI is InChI=1S/C12H16N2O2/c13-12(15)10-3-1-9(2-4-10)7-11-8-14-5-6-16-11/h1-4,11,14H,5-8H2,(H2,13,15). The predicted molar refractivity (Wildman–Crippen MR) is 61.3 cm³/mol. The Morgan fingerprint density at radius 3 is 2.75 bits per heavy atom. The second kappa shape index (κ2) is 5.09. The van der Waals surface area contributed by atoms with Gasteiger partial charge in [0.05, 0.1) is 12.7 Å². The number of ether oxygens (including phenoxy) is 1. The summed E-state index contributed by atoms with van der Waals surface area (Å²) in [5, 5.41) is 3.29. The van der Waals surface area contributed by atoms with Gasteiger partial charge in [-0.15, -0.1) is 0 Å². The van der Waals surface area contributed by atoms with Crippen LogP contribution in [0.2, 0.25) is 0 Å². The van der Waals surface area contributed by atoms with Gasteiger partial charge in [0.15, 0.2) is 0 Å². The monoisotopic (exact) mass is 220 g/mol. The van der Waals surface area contributed by atoms with Gasteiger partial charge >= 0.3 is 0 Å². The van der Waals surface area contributed by atoms with Crippen molar-refractivity contribution in [1.29, 1.82) is 0 Å². The molecule has 0 radical (unpaired) electrons. The summed E-state index contributed by atoms with van der Waals surface area (Å²) in [6.45, 7) is 2.58. The van der Waals surface area contributed by atoms with E-state index in [4.69, 9.17) is 10.5 Å². The van der Waals surface area contributed by atoms with E-state index in [1.54, 1.807) is 12.1 Å². The van der Waals surface area contributed by atoms with E-state index in [-0.39, 0.29) is 12.0 Å². The van der Waals surface area contributed by atoms with E-state index in [1.807, 2.05) is 12.1 Å². The van der Waals surface area contributed by atoms with Gasteiger partial charge in [0.2, 0.25) is 5.91 Å². The number of nitrogens with one attached hydrogen (secondary N) is 1. The lowest BCUT2D eigenvalue weighted by molar-refractivity contribution is 0.0292. The Kier molecular flexibility index (Phi) is 3.54. The summed E-state index contributed by atoms with van der Waals surface area (Å²) in [4.78, 5) is 10.9. The molecule has 3 N–H and O–H groups in total. The van der Waals surface area contributed by atoms with Crippen molar-refractivity contribution in [3.05, 3.63) is 35.4 Å². The number of hydrogen-bond acceptors (Lipinski definition) is 3. The van der Waals surface area contributed by atoms with Crippen molar-refractivity contribution in [2.45, 2.75) is 12.5 Å². The largest absolute Gasteiger partial charge is 0.375 e. The zero-order chi connectivity index (χ0) is 11.4. The molecule has 0 spiro atoms. The van der Waals surface area contributed by atoms with Gasteiger partial charge in [-0.3, -0.25) is 4.79 Å². The van der Waals surface area contributed by atoms with Crippen molar-refractivity contribution in [3.63, 3.8) is 0 Å². The Morgan fingerprint density at radius 2 is 2.19 bits per heavy atom. The molecule has 0 aromatic heterocycles. The molecule has 86 valence electrons. The number of morpholine rings is 1. The molecule has 4 nitrogen and oxygen atoms in total. The first-order chi connectivity index (χ1) is 7.75. The molecule has 1 aromatic rings. The van der Waals surface area contributed by atoms with Crippen LogP contribution in [0.3, 0.4) is 0 Å². The van der Waals surface area contributed by atoms with Crippen molar-refractivity contribution in [2.75, 3.05) is 19.7 Å². The number of carbonyl (C=O) groups excluding carboxylic acids is 1. The average molecular weight is 220 g/mol. The molecule has 1 fully saturated rings. The Hall–Kier alpha value is -1.39. The number of benzene rings is 1. The minimum absolute atomic E-state index is 0.230. The molecule has 1 unspecified atom stereocenters. The highest BCUT2D eigenvalue weighted by molar-refractivity contribution is 5.92. The van der Waals surface area contributed by atoms with E-state index in [0.717, 1.165) is 26.1 Å². The van der Waals surface area contributed by atoms with Crippen LogP contribution in [-0.4, -0.2) is 31.7 Å². The number of rotatable bonds is 3. The molecule has 1 amide bonds. The van der Waals surface area contributed by atoms with Crippen LogP contribution in [0.5, 0.6) is 0 Å². The van der Waals surface area contributed by atoms with E-state index in [9.17, 15) is 4.79 Å². The Bertz CT molecular complexity index is 356. The van der Waals surface area contributed by atoms with Crippen molar-refractivity contribution in [1.82, 2.24) is 5.32 Å². The molecule has 16 heavy (non-hydrogen) atoms. The second-order valence-corrected chi connectivity index (χ2v) is 3.96. The Morgan fingerprint density at radius 1 is 1.44 bits per heavy atom. The smallest absolute Gasteiger partial charge is 0.248 e. The van der Waals surface area contributed by atoms with Gasteiger partial charge in [0.1, 0.15) is 0 Å². The summed E-state index contributed by atoms with van der Waals surface area (Å²) in [6, 6.07) is 7.37. The van der Waals surface area contributed by atoms with Gasteiger partial charge in [0.25, 0.3) is 0 Å². The van der Waals surface area contributed by atoms with Crippen molar-refractivity contribution in [3.8, 4) is 0 Å². The predicted octanol–water partition coefficient (Wildman–Crippen LogP) is 0.316. The van der Waals surface area contributed by atoms with E-state index in [1.165, 1.54) is 5.56 Å². The zero-order valence-electron chi connectivity index (χ0n) is 9.11. The minimum atomic E-state index is -0.387. The van der Waals surface area contributed by atoms with Crippen LogP contribution in [0.1, 0.15) is 15.9 Å². The molecule has 1 aromatic carbocycles. The SMILES string of the molecule is NC(=O)c1ccc(CC2CNCCO2)cc1. The first-order valence-corrected chi connectivity index (χ1v) is 5.47. The maximum absolute atomic E-state index is 10.9. The lowest BCUT2D eigenvalue weighted by atomic mass is 10.0. The number of primary amides is 1. The molecular weight excluding hydrogens is 204 g/mol. The molecule has 4 heteroatoms. The van der Waals surface area contributed by atoms with Gasteiger partial charge in [-0.05, 0) is 24.1 Å². The summed E-state index contributed by atoms with van der Waals surface area (Å²) < 4.78 is 5.61. The van der Waals surface area contributed by atoms with Crippen molar-refractivity contribution < 1.29 is 9.53 Å². The van der Waals surface area contributed by atoms with Gasteiger partial charge in [0, 0.05) is 18.7 Å². The fraction of sp³-hybridized carbons (Fsp3) is 0.417. The van der Waals surface area contributed by atoms with E-state index in [0.29, 0.717) is 5.56 Å². The molecule has 1 atom stereocenters. The second-order valence-electron chi connectivity index (χ2n) is 3.96. The van der Waals surface area contributed by atoms with Crippen LogP contribution in [0, 0.1) is 0 Å². The molecule has 1 heterocycles. The minimum Gasteiger partial charge on any atom is -0.375 e. The third kappa shape index (κ3) is 2.81. The third-order valence-corrected chi connectivity index (χ3v) is 2.71. The molecule has 1 aliphatic heterocycles. The van der Waals surface area contributed by atoms with Crippen LogP contribution in [0.25, 0.3) is 0 Å². The number of hydrogen-bond donors (Lipinski definition) is 2. The maximum Gasteiger partial charge on any atom is 0.248 e. The van der Waals surface area contributed by atoms with E-state index >= 15 is 0 Å². The van der Waals surface area contributed by atoms with E-state index in [2.05, 4.69) is 5.32 Å². The van der Waals surface area contributed by atoms with Crippen LogP contribution < -0.4 is 11.1 Å². The quantitative estimate of drug-likeness (QED) is 0.771. The molecule has 2 rings (SSSR count). The topological polar surface area (TPSA) is 64.4 Å². The van der Waals surface area contributed by atoms with Crippen LogP contribution >= 0.6 is 0 Å². The molecule has 0 bridgehead atoms. The highest BCUT2D eigenvalue weighted by Crippen LogP contribution is 2.09. The van der Waals surface area contributed by atoms with Gasteiger partial charge < -0.3 is 15.8 Å². The first kappa shape index (κ1) is 11.1. The molecular formula is C12H16N2O2. The highest BCUT2D eigenvalue weighted by atomic mass is 16.5. The maximum atomic E-state index is 10.9. The lowest BCUT2D eigenvalue weighted by Crippen LogP contribution is -2.39. The van der Waals surface area contributed by atoms with Crippen molar-refractivity contribution >= 4 is 5.91 Å². The first-order valence-electron chi connectivity index (χ1n) is 5.47.